The molecule has 0 aliphatic rings. The Morgan fingerprint density at radius 2 is 0.682 bits per heavy atom. The van der Waals surface area contributed by atoms with Gasteiger partial charge in [-0.15, -0.1) is 0 Å². The van der Waals surface area contributed by atoms with Gasteiger partial charge in [-0.2, -0.15) is 0 Å². The van der Waals surface area contributed by atoms with Crippen LogP contribution in [0.4, 0.5) is 0 Å². The molecule has 44 heavy (non-hydrogen) atoms. The summed E-state index contributed by atoms with van der Waals surface area (Å²) in [5, 5.41) is 2.85. The van der Waals surface area contributed by atoms with Crippen molar-refractivity contribution in [2.45, 2.75) is 28.4 Å². The van der Waals surface area contributed by atoms with E-state index in [1.807, 2.05) is 0 Å². The maximum atomic E-state index is 12.7. The van der Waals surface area contributed by atoms with Crippen molar-refractivity contribution in [2.24, 2.45) is 0 Å². The zero-order valence-electron chi connectivity index (χ0n) is 21.3. The number of nitrogens with one attached hydrogen (secondary N) is 2. The van der Waals surface area contributed by atoms with Crippen molar-refractivity contribution in [2.75, 3.05) is 31.2 Å². The van der Waals surface area contributed by atoms with Gasteiger partial charge in [-0.1, -0.05) is 0 Å². The second kappa shape index (κ2) is 14.9. The summed E-state index contributed by atoms with van der Waals surface area (Å²) in [5.74, 6) is -6.17. The Labute approximate surface area is 246 Å². The molecular formula is C10H32N2O24P8. The van der Waals surface area contributed by atoms with Gasteiger partial charge >= 0.3 is 60.8 Å². The highest BCUT2D eigenvalue weighted by atomic mass is 31.2. The van der Waals surface area contributed by atoms with Gasteiger partial charge in [0.15, 0.2) is 0 Å². The molecule has 0 aromatic carbocycles. The van der Waals surface area contributed by atoms with E-state index < -0.39 is 120 Å². The third kappa shape index (κ3) is 16.5. The first-order valence-electron chi connectivity index (χ1n) is 10.7. The quantitative estimate of drug-likeness (QED) is 0.0549. The van der Waals surface area contributed by atoms with Gasteiger partial charge in [-0.05, 0) is 0 Å². The molecule has 4 unspecified atom stereocenters. The van der Waals surface area contributed by atoms with E-state index in [1.54, 1.807) is 0 Å². The van der Waals surface area contributed by atoms with Crippen molar-refractivity contribution in [3.8, 4) is 0 Å². The van der Waals surface area contributed by atoms with Gasteiger partial charge in [0, 0.05) is 6.54 Å². The topological polar surface area (TPSA) is 484 Å². The fourth-order valence-corrected chi connectivity index (χ4v) is 15.2. The number of rotatable bonds is 19. The molecule has 0 amide bonds. The van der Waals surface area contributed by atoms with Crippen molar-refractivity contribution >= 4 is 60.8 Å². The molecule has 0 saturated heterocycles. The minimum absolute atomic E-state index is 1.36. The predicted molar refractivity (Wildman–Crippen MR) is 145 cm³/mol. The van der Waals surface area contributed by atoms with Crippen molar-refractivity contribution < 1.29 is 115 Å². The first-order valence-corrected chi connectivity index (χ1v) is 24.6. The van der Waals surface area contributed by atoms with Crippen LogP contribution in [0.2, 0.25) is 0 Å². The van der Waals surface area contributed by atoms with E-state index >= 15 is 0 Å². The maximum absolute atomic E-state index is 12.7. The molecule has 0 aromatic heterocycles. The van der Waals surface area contributed by atoms with E-state index in [2.05, 4.69) is 0 Å². The highest BCUT2D eigenvalue weighted by Crippen LogP contribution is 2.62. The Morgan fingerprint density at radius 3 is 0.909 bits per heavy atom. The average Bonchev–Trinajstić information content (AvgIpc) is 2.65. The normalized spacial score (nSPS) is 19.2. The minimum Gasteiger partial charge on any atom is -0.324 e. The Hall–Kier alpha value is 1.12. The molecule has 0 heterocycles. The molecule has 0 bridgehead atoms. The first-order chi connectivity index (χ1) is 18.8. The van der Waals surface area contributed by atoms with Crippen LogP contribution in [0.3, 0.4) is 0 Å². The fraction of sp³-hybridized carbons (Fsp3) is 1.00. The SMILES string of the molecule is O=P(O)(O)CC(NCC(NC(CP(=O)(O)O)P(=O)(O)O)(C(CP(=O)(O)O)P(=O)(O)O)C(CP(=O)(O)O)P(=O)(O)O)P(=O)(O)O. The van der Waals surface area contributed by atoms with Crippen LogP contribution in [0.15, 0.2) is 0 Å². The molecule has 4 atom stereocenters. The van der Waals surface area contributed by atoms with E-state index in [-0.39, 0.29) is 0 Å². The van der Waals surface area contributed by atoms with Gasteiger partial charge in [-0.25, -0.2) is 0 Å². The summed E-state index contributed by atoms with van der Waals surface area (Å²) < 4.78 is 96.5. The number of hydrogen-bond acceptors (Lipinski definition) is 10. The van der Waals surface area contributed by atoms with Crippen LogP contribution in [0.5, 0.6) is 0 Å². The Kier molecular flexibility index (Phi) is 15.3. The monoisotopic (exact) mass is 812 g/mol. The van der Waals surface area contributed by atoms with Gasteiger partial charge in [-0.3, -0.25) is 41.8 Å². The molecule has 266 valence electrons. The van der Waals surface area contributed by atoms with Crippen molar-refractivity contribution in [3.63, 3.8) is 0 Å². The van der Waals surface area contributed by atoms with Crippen molar-refractivity contribution in [3.05, 3.63) is 0 Å². The Morgan fingerprint density at radius 1 is 0.409 bits per heavy atom. The number of hydrogen-bond donors (Lipinski definition) is 18. The molecule has 0 radical (unpaired) electrons. The lowest BCUT2D eigenvalue weighted by molar-refractivity contribution is 0.212. The molecule has 0 spiro atoms. The Balaban J connectivity index is 8.30. The average molecular weight is 812 g/mol. The summed E-state index contributed by atoms with van der Waals surface area (Å²) in [6.45, 7) is -2.12. The van der Waals surface area contributed by atoms with Gasteiger partial charge in [0.05, 0.1) is 41.5 Å². The molecule has 18 N–H and O–H groups in total. The summed E-state index contributed by atoms with van der Waals surface area (Å²) in [5.41, 5.74) is -11.1. The lowest BCUT2D eigenvalue weighted by atomic mass is 9.90. The van der Waals surface area contributed by atoms with E-state index in [0.717, 1.165) is 0 Å². The molecule has 26 nitrogen and oxygen atoms in total. The van der Waals surface area contributed by atoms with Gasteiger partial charge in [0.1, 0.15) is 11.6 Å². The molecule has 0 aromatic rings. The molecule has 34 heteroatoms. The standard InChI is InChI=1S/C10H32N2O24P8/c13-37(14,15)1-6(41(25,26)27)10(7(42(28,29)30)2-38(16,17)18,12-9(44(34,35)36)4-40(22,23)24)5-11-8(43(31,32)33)3-39(19,20)21/h6-9,11-12H,1-5H2,(H2,13,14,15)(H2,16,17,18)(H2,19,20,21)(H2,22,23,24)(H2,25,26,27)(H2,28,29,30)(H2,31,32,33)(H2,34,35,36). The zero-order chi connectivity index (χ0) is 35.8. The van der Waals surface area contributed by atoms with Crippen LogP contribution >= 0.6 is 60.8 Å². The maximum Gasteiger partial charge on any atom is 0.343 e. The molecule has 0 fully saturated rings. The Bertz CT molecular complexity index is 1330. The summed E-state index contributed by atoms with van der Waals surface area (Å²) in [6, 6.07) is 0. The van der Waals surface area contributed by atoms with Crippen molar-refractivity contribution in [1.82, 2.24) is 10.6 Å². The van der Waals surface area contributed by atoms with Crippen LogP contribution in [-0.2, 0) is 36.5 Å². The molecule has 0 aliphatic heterocycles. The third-order valence-electron chi connectivity index (χ3n) is 5.52. The summed E-state index contributed by atoms with van der Waals surface area (Å²) in [7, 11) is -48.1. The van der Waals surface area contributed by atoms with E-state index in [9.17, 15) is 115 Å². The lowest BCUT2D eigenvalue weighted by Gasteiger charge is -2.49. The van der Waals surface area contributed by atoms with Gasteiger partial charge < -0.3 is 83.6 Å². The van der Waals surface area contributed by atoms with E-state index in [0.29, 0.717) is 0 Å². The summed E-state index contributed by atoms with van der Waals surface area (Å²) >= 11 is 0. The molecule has 0 aliphatic carbocycles. The van der Waals surface area contributed by atoms with E-state index in [1.165, 1.54) is 10.6 Å². The van der Waals surface area contributed by atoms with Gasteiger partial charge in [0.25, 0.3) is 0 Å². The van der Waals surface area contributed by atoms with E-state index in [4.69, 9.17) is 0 Å². The second-order valence-electron chi connectivity index (χ2n) is 9.37. The largest absolute Gasteiger partial charge is 0.343 e. The molecule has 0 saturated carbocycles. The molecular weight excluding hydrogens is 780 g/mol. The zero-order valence-corrected chi connectivity index (χ0v) is 28.5. The van der Waals surface area contributed by atoms with Crippen LogP contribution in [0, 0.1) is 0 Å². The summed E-state index contributed by atoms with van der Waals surface area (Å²) in [6.07, 6.45) is -8.62. The van der Waals surface area contributed by atoms with Crippen LogP contribution in [-0.4, -0.2) is 138 Å². The van der Waals surface area contributed by atoms with Crippen LogP contribution in [0.1, 0.15) is 0 Å². The smallest absolute Gasteiger partial charge is 0.324 e. The molecule has 0 rings (SSSR count). The second-order valence-corrected chi connectivity index (χ2v) is 23.4. The highest BCUT2D eigenvalue weighted by Gasteiger charge is 2.62. The van der Waals surface area contributed by atoms with Crippen LogP contribution < -0.4 is 10.6 Å². The predicted octanol–water partition coefficient (Wildman–Crippen LogP) is -4.28. The van der Waals surface area contributed by atoms with Gasteiger partial charge in [0.2, 0.25) is 0 Å². The van der Waals surface area contributed by atoms with Crippen LogP contribution in [0.25, 0.3) is 0 Å². The first kappa shape index (κ1) is 45.1. The summed E-state index contributed by atoms with van der Waals surface area (Å²) in [4.78, 5) is 154. The highest BCUT2D eigenvalue weighted by molar-refractivity contribution is 7.59. The third-order valence-corrected chi connectivity index (χ3v) is 15.2. The fourth-order valence-electron chi connectivity index (χ4n) is 3.86. The minimum atomic E-state index is -6.47. The lowest BCUT2D eigenvalue weighted by Crippen LogP contribution is -2.71. The van der Waals surface area contributed by atoms with Crippen molar-refractivity contribution in [1.29, 1.82) is 0 Å².